The Kier molecular flexibility index (Phi) is 5.36. The molecule has 4 aromatic carbocycles. The van der Waals surface area contributed by atoms with Crippen LogP contribution in [0.2, 0.25) is 0 Å². The summed E-state index contributed by atoms with van der Waals surface area (Å²) in [5, 5.41) is 4.48. The average Bonchev–Trinajstić information content (AvgIpc) is 3.24. The van der Waals surface area contributed by atoms with Crippen LogP contribution in [0.1, 0.15) is 49.7 Å². The second-order valence-corrected chi connectivity index (χ2v) is 10.9. The molecular weight excluding hydrogens is 498 g/mol. The van der Waals surface area contributed by atoms with Gasteiger partial charge in [0, 0.05) is 17.7 Å². The molecule has 8 rings (SSSR count). The quantitative estimate of drug-likeness (QED) is 0.224. The number of imide groups is 1. The van der Waals surface area contributed by atoms with Crippen LogP contribution in [-0.4, -0.2) is 23.9 Å². The summed E-state index contributed by atoms with van der Waals surface area (Å²) in [7, 11) is 0. The van der Waals surface area contributed by atoms with Gasteiger partial charge >= 0.3 is 0 Å². The molecule has 1 fully saturated rings. The zero-order valence-electron chi connectivity index (χ0n) is 22.2. The zero-order valence-corrected chi connectivity index (χ0v) is 22.2. The van der Waals surface area contributed by atoms with E-state index in [2.05, 4.69) is 22.7 Å². The summed E-state index contributed by atoms with van der Waals surface area (Å²) in [6, 6.07) is 30.7. The molecule has 0 aromatic heterocycles. The molecule has 0 unspecified atom stereocenters. The van der Waals surface area contributed by atoms with E-state index in [1.807, 2.05) is 74.5 Å². The third-order valence-electron chi connectivity index (χ3n) is 8.75. The lowest BCUT2D eigenvalue weighted by Gasteiger charge is -2.52. The highest BCUT2D eigenvalue weighted by atomic mass is 16.2. The van der Waals surface area contributed by atoms with Gasteiger partial charge in [-0.2, -0.15) is 5.10 Å². The Morgan fingerprint density at radius 1 is 0.825 bits per heavy atom. The summed E-state index contributed by atoms with van der Waals surface area (Å²) in [5.41, 5.74) is 8.61. The molecular formula is C34H27N3O3. The molecule has 3 amide bonds. The van der Waals surface area contributed by atoms with Gasteiger partial charge in [-0.1, -0.05) is 84.4 Å². The summed E-state index contributed by atoms with van der Waals surface area (Å²) >= 11 is 0. The largest absolute Gasteiger partial charge is 0.274 e. The number of rotatable bonds is 4. The van der Waals surface area contributed by atoms with Crippen LogP contribution in [-0.2, 0) is 15.0 Å². The van der Waals surface area contributed by atoms with Gasteiger partial charge < -0.3 is 0 Å². The van der Waals surface area contributed by atoms with E-state index in [-0.39, 0.29) is 23.6 Å². The standard InChI is InChI=1S/C34H27N3O3/c1-20-16-17-27(21(2)18-20)37-32(39)29-28-23-12-6-8-14-25(23)34(30(29)33(37)40,26-15-9-7-13-24(26)28)19-35-36-31(38)22-10-4-3-5-11-22/h3-19,28-30H,1-2H3,(H,36,38)/b35-19-/t28?,29-,30-,34?/m1/s1. The summed E-state index contributed by atoms with van der Waals surface area (Å²) in [4.78, 5) is 43.0. The summed E-state index contributed by atoms with van der Waals surface area (Å²) in [6.45, 7) is 3.92. The van der Waals surface area contributed by atoms with Crippen molar-refractivity contribution in [2.75, 3.05) is 4.90 Å². The first-order valence-corrected chi connectivity index (χ1v) is 13.5. The second-order valence-electron chi connectivity index (χ2n) is 10.9. The third-order valence-corrected chi connectivity index (χ3v) is 8.75. The maximum atomic E-state index is 14.5. The van der Waals surface area contributed by atoms with E-state index in [1.54, 1.807) is 30.5 Å². The Hall–Kier alpha value is -4.84. The van der Waals surface area contributed by atoms with Crippen molar-refractivity contribution >= 4 is 29.6 Å². The minimum Gasteiger partial charge on any atom is -0.274 e. The Bertz CT molecular complexity index is 1700. The van der Waals surface area contributed by atoms with E-state index in [0.717, 1.165) is 33.4 Å². The number of amides is 3. The molecule has 6 nitrogen and oxygen atoms in total. The molecule has 6 heteroatoms. The van der Waals surface area contributed by atoms with Crippen LogP contribution in [0.15, 0.2) is 102 Å². The molecule has 2 bridgehead atoms. The van der Waals surface area contributed by atoms with Gasteiger partial charge in [-0.25, -0.2) is 10.3 Å². The molecule has 40 heavy (non-hydrogen) atoms. The average molecular weight is 526 g/mol. The number of hydrogen-bond acceptors (Lipinski definition) is 4. The highest BCUT2D eigenvalue weighted by Gasteiger charge is 2.68. The predicted molar refractivity (Wildman–Crippen MR) is 153 cm³/mol. The van der Waals surface area contributed by atoms with E-state index in [1.165, 1.54) is 4.90 Å². The topological polar surface area (TPSA) is 78.8 Å². The van der Waals surface area contributed by atoms with Gasteiger partial charge in [0.2, 0.25) is 11.8 Å². The normalized spacial score (nSPS) is 24.1. The molecule has 1 N–H and O–H groups in total. The number of hydrazone groups is 1. The van der Waals surface area contributed by atoms with Crippen LogP contribution in [0, 0.1) is 25.7 Å². The maximum absolute atomic E-state index is 14.5. The molecule has 3 aliphatic carbocycles. The Morgan fingerprint density at radius 2 is 1.45 bits per heavy atom. The van der Waals surface area contributed by atoms with Crippen molar-refractivity contribution in [1.29, 1.82) is 0 Å². The minimum atomic E-state index is -1.03. The molecule has 0 spiro atoms. The fourth-order valence-corrected chi connectivity index (χ4v) is 7.19. The number of hydrogen-bond donors (Lipinski definition) is 1. The van der Waals surface area contributed by atoms with Gasteiger partial charge in [0.1, 0.15) is 0 Å². The second kappa shape index (κ2) is 8.85. The smallest absolute Gasteiger partial charge is 0.271 e. The minimum absolute atomic E-state index is 0.193. The number of carbonyl (C=O) groups is 3. The Morgan fingerprint density at radius 3 is 2.10 bits per heavy atom. The number of anilines is 1. The third kappa shape index (κ3) is 3.22. The highest BCUT2D eigenvalue weighted by molar-refractivity contribution is 6.25. The van der Waals surface area contributed by atoms with E-state index in [0.29, 0.717) is 11.3 Å². The van der Waals surface area contributed by atoms with Crippen molar-refractivity contribution < 1.29 is 14.4 Å². The fraction of sp³-hybridized carbons (Fsp3) is 0.176. The van der Waals surface area contributed by atoms with Gasteiger partial charge in [-0.3, -0.25) is 14.4 Å². The first-order chi connectivity index (χ1) is 19.4. The van der Waals surface area contributed by atoms with E-state index >= 15 is 0 Å². The van der Waals surface area contributed by atoms with Crippen molar-refractivity contribution in [2.45, 2.75) is 25.2 Å². The monoisotopic (exact) mass is 525 g/mol. The number of benzene rings is 4. The van der Waals surface area contributed by atoms with Crippen LogP contribution in [0.25, 0.3) is 0 Å². The molecule has 196 valence electrons. The van der Waals surface area contributed by atoms with Crippen LogP contribution in [0.5, 0.6) is 0 Å². The predicted octanol–water partition coefficient (Wildman–Crippen LogP) is 5.27. The van der Waals surface area contributed by atoms with Gasteiger partial charge in [0.15, 0.2) is 0 Å². The van der Waals surface area contributed by atoms with Crippen LogP contribution in [0.4, 0.5) is 5.69 Å². The number of aryl methyl sites for hydroxylation is 2. The molecule has 0 radical (unpaired) electrons. The lowest BCUT2D eigenvalue weighted by atomic mass is 9.47. The van der Waals surface area contributed by atoms with Crippen molar-refractivity contribution in [3.8, 4) is 0 Å². The number of nitrogens with one attached hydrogen (secondary N) is 1. The van der Waals surface area contributed by atoms with E-state index in [4.69, 9.17) is 0 Å². The summed E-state index contributed by atoms with van der Waals surface area (Å²) < 4.78 is 0. The number of carbonyl (C=O) groups excluding carboxylic acids is 3. The summed E-state index contributed by atoms with van der Waals surface area (Å²) in [6.07, 6.45) is 1.69. The van der Waals surface area contributed by atoms with E-state index < -0.39 is 17.3 Å². The van der Waals surface area contributed by atoms with Crippen molar-refractivity contribution in [1.82, 2.24) is 5.43 Å². The van der Waals surface area contributed by atoms with Crippen molar-refractivity contribution in [2.24, 2.45) is 16.9 Å². The highest BCUT2D eigenvalue weighted by Crippen LogP contribution is 2.63. The molecule has 1 saturated heterocycles. The molecule has 4 aliphatic rings. The zero-order chi connectivity index (χ0) is 27.6. The maximum Gasteiger partial charge on any atom is 0.271 e. The first kappa shape index (κ1) is 24.2. The first-order valence-electron chi connectivity index (χ1n) is 13.5. The molecule has 4 aromatic rings. The molecule has 1 aliphatic heterocycles. The SMILES string of the molecule is Cc1ccc(N2C(=O)[C@@H]3C4c5ccccc5C(/C=N\NC(=O)c5ccccc5)(c5ccccc54)[C@H]3C2=O)c(C)c1. The lowest BCUT2D eigenvalue weighted by Crippen LogP contribution is -2.54. The van der Waals surface area contributed by atoms with E-state index in [9.17, 15) is 14.4 Å². The molecule has 0 saturated carbocycles. The van der Waals surface area contributed by atoms with Gasteiger partial charge in [-0.05, 0) is 59.9 Å². The fourth-order valence-electron chi connectivity index (χ4n) is 7.19. The van der Waals surface area contributed by atoms with Crippen molar-refractivity contribution in [3.63, 3.8) is 0 Å². The van der Waals surface area contributed by atoms with Crippen LogP contribution < -0.4 is 10.3 Å². The van der Waals surface area contributed by atoms with Gasteiger partial charge in [-0.15, -0.1) is 0 Å². The van der Waals surface area contributed by atoms with Gasteiger partial charge in [0.25, 0.3) is 5.91 Å². The lowest BCUT2D eigenvalue weighted by molar-refractivity contribution is -0.122. The van der Waals surface area contributed by atoms with Gasteiger partial charge in [0.05, 0.1) is 22.9 Å². The molecule has 1 heterocycles. The van der Waals surface area contributed by atoms with Crippen molar-refractivity contribution in [3.05, 3.63) is 136 Å². The summed E-state index contributed by atoms with van der Waals surface area (Å²) in [5.74, 6) is -2.32. The molecule has 2 atom stereocenters. The number of nitrogens with zero attached hydrogens (tertiary/aromatic N) is 2. The van der Waals surface area contributed by atoms with Crippen LogP contribution in [0.3, 0.4) is 0 Å². The Balaban J connectivity index is 1.42. The van der Waals surface area contributed by atoms with Crippen LogP contribution >= 0.6 is 0 Å². The Labute approximate surface area is 232 Å².